The topological polar surface area (TPSA) is 69.3 Å². The molecule has 1 heterocycles. The Bertz CT molecular complexity index is 821. The first kappa shape index (κ1) is 21.0. The summed E-state index contributed by atoms with van der Waals surface area (Å²) in [7, 11) is 4.80. The number of para-hydroxylation sites is 1. The van der Waals surface area contributed by atoms with Crippen molar-refractivity contribution in [3.05, 3.63) is 53.6 Å². The summed E-state index contributed by atoms with van der Waals surface area (Å²) in [5.41, 5.74) is 1.56. The minimum Gasteiger partial charge on any atom is -0.496 e. The Morgan fingerprint density at radius 3 is 2.38 bits per heavy atom. The van der Waals surface area contributed by atoms with E-state index in [1.807, 2.05) is 30.3 Å². The summed E-state index contributed by atoms with van der Waals surface area (Å²) in [6.45, 7) is 3.38. The van der Waals surface area contributed by atoms with E-state index in [0.717, 1.165) is 18.7 Å². The molecule has 1 aliphatic heterocycles. The fraction of sp³-hybridized carbons (Fsp3) is 0.409. The normalized spacial score (nSPS) is 15.4. The van der Waals surface area contributed by atoms with Gasteiger partial charge in [-0.15, -0.1) is 0 Å². The molecule has 0 aromatic heterocycles. The standard InChI is InChI=1S/C22H28N2O5/c1-26-19-7-5-4-6-17(19)22(25)23-15-18(24-10-12-29-13-11-24)16-8-9-20(27-2)21(14-16)28-3/h4-9,14,18H,10-13,15H2,1-3H3,(H,23,25). The van der Waals surface area contributed by atoms with Gasteiger partial charge in [-0.05, 0) is 29.8 Å². The number of amides is 1. The molecule has 1 saturated heterocycles. The minimum absolute atomic E-state index is 0.0163. The predicted octanol–water partition coefficient (Wildman–Crippen LogP) is 2.52. The van der Waals surface area contributed by atoms with Crippen LogP contribution in [-0.4, -0.2) is 65.0 Å². The molecule has 7 heteroatoms. The van der Waals surface area contributed by atoms with Crippen LogP contribution in [-0.2, 0) is 4.74 Å². The lowest BCUT2D eigenvalue weighted by molar-refractivity contribution is 0.0162. The number of methoxy groups -OCH3 is 3. The monoisotopic (exact) mass is 400 g/mol. The molecule has 2 aromatic carbocycles. The third kappa shape index (κ3) is 4.99. The number of rotatable bonds is 8. The highest BCUT2D eigenvalue weighted by atomic mass is 16.5. The molecular weight excluding hydrogens is 372 g/mol. The Balaban J connectivity index is 1.82. The van der Waals surface area contributed by atoms with E-state index >= 15 is 0 Å². The quantitative estimate of drug-likeness (QED) is 0.734. The van der Waals surface area contributed by atoms with E-state index in [1.165, 1.54) is 0 Å². The number of morpholine rings is 1. The average Bonchev–Trinajstić information content (AvgIpc) is 2.79. The predicted molar refractivity (Wildman–Crippen MR) is 110 cm³/mol. The molecule has 29 heavy (non-hydrogen) atoms. The van der Waals surface area contributed by atoms with Crippen molar-refractivity contribution in [2.45, 2.75) is 6.04 Å². The van der Waals surface area contributed by atoms with Crippen LogP contribution in [0.2, 0.25) is 0 Å². The molecule has 1 N–H and O–H groups in total. The second-order valence-electron chi connectivity index (χ2n) is 6.69. The summed E-state index contributed by atoms with van der Waals surface area (Å²) in [5.74, 6) is 1.73. The smallest absolute Gasteiger partial charge is 0.255 e. The van der Waals surface area contributed by atoms with Gasteiger partial charge in [0.1, 0.15) is 5.75 Å². The molecule has 1 unspecified atom stereocenters. The molecule has 1 atom stereocenters. The first-order valence-corrected chi connectivity index (χ1v) is 9.63. The van der Waals surface area contributed by atoms with Gasteiger partial charge in [0.15, 0.2) is 11.5 Å². The zero-order valence-corrected chi connectivity index (χ0v) is 17.1. The van der Waals surface area contributed by atoms with Crippen molar-refractivity contribution in [1.82, 2.24) is 10.2 Å². The van der Waals surface area contributed by atoms with Crippen LogP contribution in [0.15, 0.2) is 42.5 Å². The van der Waals surface area contributed by atoms with Gasteiger partial charge in [-0.1, -0.05) is 18.2 Å². The van der Waals surface area contributed by atoms with Crippen LogP contribution in [0.1, 0.15) is 22.0 Å². The highest BCUT2D eigenvalue weighted by molar-refractivity contribution is 5.96. The van der Waals surface area contributed by atoms with E-state index < -0.39 is 0 Å². The number of carbonyl (C=O) groups is 1. The Morgan fingerprint density at radius 2 is 1.69 bits per heavy atom. The van der Waals surface area contributed by atoms with Crippen LogP contribution < -0.4 is 19.5 Å². The van der Waals surface area contributed by atoms with Crippen LogP contribution in [0, 0.1) is 0 Å². The summed E-state index contributed by atoms with van der Waals surface area (Å²) >= 11 is 0. The Morgan fingerprint density at radius 1 is 1.00 bits per heavy atom. The lowest BCUT2D eigenvalue weighted by Gasteiger charge is -2.35. The van der Waals surface area contributed by atoms with Gasteiger partial charge in [0.05, 0.1) is 46.1 Å². The largest absolute Gasteiger partial charge is 0.496 e. The van der Waals surface area contributed by atoms with Gasteiger partial charge in [0, 0.05) is 19.6 Å². The fourth-order valence-electron chi connectivity index (χ4n) is 3.52. The molecule has 0 spiro atoms. The van der Waals surface area contributed by atoms with Crippen LogP contribution in [0.3, 0.4) is 0 Å². The highest BCUT2D eigenvalue weighted by Gasteiger charge is 2.25. The van der Waals surface area contributed by atoms with E-state index in [0.29, 0.717) is 42.6 Å². The van der Waals surface area contributed by atoms with Crippen LogP contribution in [0.5, 0.6) is 17.2 Å². The Labute approximate surface area is 171 Å². The third-order valence-electron chi connectivity index (χ3n) is 5.09. The number of nitrogens with zero attached hydrogens (tertiary/aromatic N) is 1. The summed E-state index contributed by atoms with van der Waals surface area (Å²) in [5, 5.41) is 3.06. The van der Waals surface area contributed by atoms with Gasteiger partial charge in [0.2, 0.25) is 0 Å². The molecule has 3 rings (SSSR count). The lowest BCUT2D eigenvalue weighted by atomic mass is 10.0. The van der Waals surface area contributed by atoms with Crippen molar-refractivity contribution < 1.29 is 23.7 Å². The molecule has 1 amide bonds. The first-order chi connectivity index (χ1) is 14.2. The van der Waals surface area contributed by atoms with E-state index in [-0.39, 0.29) is 11.9 Å². The zero-order valence-electron chi connectivity index (χ0n) is 17.1. The van der Waals surface area contributed by atoms with Gasteiger partial charge >= 0.3 is 0 Å². The molecule has 156 valence electrons. The maximum absolute atomic E-state index is 12.8. The molecule has 0 radical (unpaired) electrons. The SMILES string of the molecule is COc1ccc(C(CNC(=O)c2ccccc2OC)N2CCOCC2)cc1OC. The number of carbonyl (C=O) groups excluding carboxylic acids is 1. The highest BCUT2D eigenvalue weighted by Crippen LogP contribution is 2.32. The van der Waals surface area contributed by atoms with Crippen molar-refractivity contribution in [1.29, 1.82) is 0 Å². The van der Waals surface area contributed by atoms with Crippen molar-refractivity contribution in [2.75, 3.05) is 54.2 Å². The first-order valence-electron chi connectivity index (χ1n) is 9.63. The van der Waals surface area contributed by atoms with E-state index in [9.17, 15) is 4.79 Å². The number of ether oxygens (including phenoxy) is 4. The van der Waals surface area contributed by atoms with Crippen molar-refractivity contribution >= 4 is 5.91 Å². The number of benzene rings is 2. The second-order valence-corrected chi connectivity index (χ2v) is 6.69. The second kappa shape index (κ2) is 10.1. The van der Waals surface area contributed by atoms with E-state index in [2.05, 4.69) is 10.2 Å². The number of nitrogens with one attached hydrogen (secondary N) is 1. The van der Waals surface area contributed by atoms with E-state index in [1.54, 1.807) is 33.5 Å². The van der Waals surface area contributed by atoms with Gasteiger partial charge in [0.25, 0.3) is 5.91 Å². The van der Waals surface area contributed by atoms with E-state index in [4.69, 9.17) is 18.9 Å². The molecule has 1 aliphatic rings. The van der Waals surface area contributed by atoms with Crippen LogP contribution in [0.25, 0.3) is 0 Å². The molecular formula is C22H28N2O5. The molecule has 0 bridgehead atoms. The van der Waals surface area contributed by atoms with Gasteiger partial charge in [-0.3, -0.25) is 9.69 Å². The van der Waals surface area contributed by atoms with Gasteiger partial charge in [-0.25, -0.2) is 0 Å². The number of hydrogen-bond donors (Lipinski definition) is 1. The summed E-state index contributed by atoms with van der Waals surface area (Å²) in [6.07, 6.45) is 0. The van der Waals surface area contributed by atoms with Crippen LogP contribution >= 0.6 is 0 Å². The van der Waals surface area contributed by atoms with Gasteiger partial charge < -0.3 is 24.3 Å². The van der Waals surface area contributed by atoms with Gasteiger partial charge in [-0.2, -0.15) is 0 Å². The van der Waals surface area contributed by atoms with Crippen LogP contribution in [0.4, 0.5) is 0 Å². The third-order valence-corrected chi connectivity index (χ3v) is 5.09. The van der Waals surface area contributed by atoms with Crippen molar-refractivity contribution in [3.8, 4) is 17.2 Å². The molecule has 2 aromatic rings. The molecule has 0 aliphatic carbocycles. The average molecular weight is 400 g/mol. The maximum atomic E-state index is 12.8. The Hall–Kier alpha value is -2.77. The fourth-order valence-corrected chi connectivity index (χ4v) is 3.52. The summed E-state index contributed by atoms with van der Waals surface area (Å²) in [6, 6.07) is 13.1. The lowest BCUT2D eigenvalue weighted by Crippen LogP contribution is -2.43. The summed E-state index contributed by atoms with van der Waals surface area (Å²) in [4.78, 5) is 15.1. The maximum Gasteiger partial charge on any atom is 0.255 e. The zero-order chi connectivity index (χ0) is 20.6. The molecule has 7 nitrogen and oxygen atoms in total. The van der Waals surface area contributed by atoms with Crippen molar-refractivity contribution in [3.63, 3.8) is 0 Å². The minimum atomic E-state index is -0.166. The van der Waals surface area contributed by atoms with Crippen molar-refractivity contribution in [2.24, 2.45) is 0 Å². The number of hydrogen-bond acceptors (Lipinski definition) is 6. The summed E-state index contributed by atoms with van der Waals surface area (Å²) < 4.78 is 21.6. The Kier molecular flexibility index (Phi) is 7.32. The molecule has 1 fully saturated rings. The molecule has 0 saturated carbocycles.